The summed E-state index contributed by atoms with van der Waals surface area (Å²) in [6.45, 7) is 3.90. The van der Waals surface area contributed by atoms with Gasteiger partial charge >= 0.3 is 5.97 Å². The van der Waals surface area contributed by atoms with Crippen LogP contribution < -0.4 is 0 Å². The SMILES string of the molecule is CCC(C)S(=O)c1ccc(C(=O)O)cc1. The molecule has 0 heterocycles. The van der Waals surface area contributed by atoms with Crippen molar-refractivity contribution in [1.29, 1.82) is 0 Å². The van der Waals surface area contributed by atoms with Gasteiger partial charge in [0.05, 0.1) is 16.4 Å². The van der Waals surface area contributed by atoms with E-state index in [1.807, 2.05) is 13.8 Å². The highest BCUT2D eigenvalue weighted by atomic mass is 32.2. The van der Waals surface area contributed by atoms with E-state index in [4.69, 9.17) is 5.11 Å². The Morgan fingerprint density at radius 1 is 1.40 bits per heavy atom. The molecular formula is C11H14O3S. The Kier molecular flexibility index (Phi) is 4.03. The topological polar surface area (TPSA) is 54.4 Å². The maximum Gasteiger partial charge on any atom is 0.335 e. The number of carboxylic acid groups (broad SMARTS) is 1. The summed E-state index contributed by atoms with van der Waals surface area (Å²) in [7, 11) is -1.04. The Labute approximate surface area is 91.6 Å². The van der Waals surface area contributed by atoms with Crippen LogP contribution in [0.4, 0.5) is 0 Å². The van der Waals surface area contributed by atoms with Crippen molar-refractivity contribution in [2.45, 2.75) is 30.4 Å². The lowest BCUT2D eigenvalue weighted by molar-refractivity contribution is 0.0697. The van der Waals surface area contributed by atoms with Crippen LogP contribution in [0.25, 0.3) is 0 Å². The van der Waals surface area contributed by atoms with Gasteiger partial charge in [0.25, 0.3) is 0 Å². The average Bonchev–Trinajstić information content (AvgIpc) is 2.27. The third kappa shape index (κ3) is 2.89. The first-order valence-corrected chi connectivity index (χ1v) is 6.01. The van der Waals surface area contributed by atoms with E-state index in [0.717, 1.165) is 6.42 Å². The highest BCUT2D eigenvalue weighted by molar-refractivity contribution is 7.85. The highest BCUT2D eigenvalue weighted by Crippen LogP contribution is 2.14. The fraction of sp³-hybridized carbons (Fsp3) is 0.364. The molecule has 0 amide bonds. The van der Waals surface area contributed by atoms with Crippen LogP contribution in [0.2, 0.25) is 0 Å². The maximum atomic E-state index is 11.8. The van der Waals surface area contributed by atoms with Crippen LogP contribution in [0, 0.1) is 0 Å². The number of rotatable bonds is 4. The lowest BCUT2D eigenvalue weighted by Crippen LogP contribution is -2.09. The van der Waals surface area contributed by atoms with E-state index in [2.05, 4.69) is 0 Å². The molecule has 1 N–H and O–H groups in total. The van der Waals surface area contributed by atoms with E-state index in [1.165, 1.54) is 12.1 Å². The summed E-state index contributed by atoms with van der Waals surface area (Å²) >= 11 is 0. The first-order valence-electron chi connectivity index (χ1n) is 4.80. The predicted octanol–water partition coefficient (Wildman–Crippen LogP) is 2.29. The van der Waals surface area contributed by atoms with Crippen molar-refractivity contribution >= 4 is 16.8 Å². The lowest BCUT2D eigenvalue weighted by atomic mass is 10.2. The summed E-state index contributed by atoms with van der Waals surface area (Å²) in [6, 6.07) is 6.20. The van der Waals surface area contributed by atoms with Gasteiger partial charge in [-0.15, -0.1) is 0 Å². The van der Waals surface area contributed by atoms with E-state index >= 15 is 0 Å². The zero-order valence-electron chi connectivity index (χ0n) is 8.77. The largest absolute Gasteiger partial charge is 0.478 e. The molecule has 0 aliphatic heterocycles. The second-order valence-corrected chi connectivity index (χ2v) is 5.22. The molecule has 0 saturated heterocycles. The Bertz CT molecular complexity index is 370. The Morgan fingerprint density at radius 3 is 2.33 bits per heavy atom. The Balaban J connectivity index is 2.89. The summed E-state index contributed by atoms with van der Waals surface area (Å²) in [5, 5.41) is 8.79. The van der Waals surface area contributed by atoms with Crippen molar-refractivity contribution in [3.8, 4) is 0 Å². The minimum Gasteiger partial charge on any atom is -0.478 e. The van der Waals surface area contributed by atoms with E-state index in [0.29, 0.717) is 4.90 Å². The third-order valence-corrected chi connectivity index (χ3v) is 4.07. The van der Waals surface area contributed by atoms with Crippen molar-refractivity contribution in [3.63, 3.8) is 0 Å². The summed E-state index contributed by atoms with van der Waals surface area (Å²) in [5.41, 5.74) is 0.222. The van der Waals surface area contributed by atoms with Crippen LogP contribution in [0.1, 0.15) is 30.6 Å². The van der Waals surface area contributed by atoms with Gasteiger partial charge in [-0.25, -0.2) is 4.79 Å². The van der Waals surface area contributed by atoms with Gasteiger partial charge in [-0.2, -0.15) is 0 Å². The third-order valence-electron chi connectivity index (χ3n) is 2.27. The number of carboxylic acids is 1. The minimum absolute atomic E-state index is 0.0979. The molecule has 4 heteroatoms. The molecular weight excluding hydrogens is 212 g/mol. The molecule has 0 aromatic heterocycles. The van der Waals surface area contributed by atoms with Gasteiger partial charge in [0.2, 0.25) is 0 Å². The average molecular weight is 226 g/mol. The van der Waals surface area contributed by atoms with Crippen LogP contribution >= 0.6 is 0 Å². The van der Waals surface area contributed by atoms with Crippen LogP contribution in [0.3, 0.4) is 0 Å². The summed E-state index contributed by atoms with van der Waals surface area (Å²) in [6.07, 6.45) is 0.841. The van der Waals surface area contributed by atoms with Crippen LogP contribution in [-0.2, 0) is 10.8 Å². The van der Waals surface area contributed by atoms with Crippen LogP contribution in [0.5, 0.6) is 0 Å². The molecule has 0 aliphatic rings. The second-order valence-electron chi connectivity index (χ2n) is 3.35. The zero-order chi connectivity index (χ0) is 11.4. The second kappa shape index (κ2) is 5.07. The van der Waals surface area contributed by atoms with Crippen LogP contribution in [0.15, 0.2) is 29.2 Å². The van der Waals surface area contributed by atoms with E-state index in [9.17, 15) is 9.00 Å². The van der Waals surface area contributed by atoms with Gasteiger partial charge in [0.1, 0.15) is 0 Å². The molecule has 0 saturated carbocycles. The number of benzene rings is 1. The molecule has 0 radical (unpaired) electrons. The number of hydrogen-bond donors (Lipinski definition) is 1. The monoisotopic (exact) mass is 226 g/mol. The normalized spacial score (nSPS) is 14.5. The lowest BCUT2D eigenvalue weighted by Gasteiger charge is -2.08. The molecule has 2 atom stereocenters. The standard InChI is InChI=1S/C11H14O3S/c1-3-8(2)15(14)10-6-4-9(5-7-10)11(12)13/h4-8H,3H2,1-2H3,(H,12,13). The predicted molar refractivity (Wildman–Crippen MR) is 59.6 cm³/mol. The summed E-state index contributed by atoms with van der Waals surface area (Å²) in [5.74, 6) is -0.962. The van der Waals surface area contributed by atoms with Crippen molar-refractivity contribution in [1.82, 2.24) is 0 Å². The van der Waals surface area contributed by atoms with Crippen molar-refractivity contribution in [2.24, 2.45) is 0 Å². The molecule has 15 heavy (non-hydrogen) atoms. The molecule has 0 spiro atoms. The number of carbonyl (C=O) groups is 1. The van der Waals surface area contributed by atoms with E-state index in [-0.39, 0.29) is 10.8 Å². The molecule has 0 bridgehead atoms. The first-order chi connectivity index (χ1) is 7.06. The van der Waals surface area contributed by atoms with Gasteiger partial charge in [-0.05, 0) is 30.7 Å². The van der Waals surface area contributed by atoms with Crippen LogP contribution in [-0.4, -0.2) is 20.5 Å². The quantitative estimate of drug-likeness (QED) is 0.857. The summed E-state index contributed by atoms with van der Waals surface area (Å²) in [4.78, 5) is 11.3. The molecule has 0 fully saturated rings. The highest BCUT2D eigenvalue weighted by Gasteiger charge is 2.11. The van der Waals surface area contributed by atoms with E-state index in [1.54, 1.807) is 12.1 Å². The van der Waals surface area contributed by atoms with Gasteiger partial charge in [0, 0.05) is 10.1 Å². The van der Waals surface area contributed by atoms with Gasteiger partial charge in [-0.1, -0.05) is 13.8 Å². The van der Waals surface area contributed by atoms with Gasteiger partial charge < -0.3 is 5.11 Å². The number of hydrogen-bond acceptors (Lipinski definition) is 2. The first kappa shape index (κ1) is 11.9. The summed E-state index contributed by atoms with van der Waals surface area (Å²) < 4.78 is 11.8. The smallest absolute Gasteiger partial charge is 0.335 e. The molecule has 1 aromatic carbocycles. The Morgan fingerprint density at radius 2 is 1.93 bits per heavy atom. The van der Waals surface area contributed by atoms with E-state index < -0.39 is 16.8 Å². The Hall–Kier alpha value is -1.16. The van der Waals surface area contributed by atoms with Crippen molar-refractivity contribution in [3.05, 3.63) is 29.8 Å². The maximum absolute atomic E-state index is 11.8. The molecule has 82 valence electrons. The van der Waals surface area contributed by atoms with Gasteiger partial charge in [0.15, 0.2) is 0 Å². The zero-order valence-corrected chi connectivity index (χ0v) is 9.58. The van der Waals surface area contributed by atoms with Crippen molar-refractivity contribution in [2.75, 3.05) is 0 Å². The molecule has 2 unspecified atom stereocenters. The molecule has 0 aliphatic carbocycles. The van der Waals surface area contributed by atoms with Crippen molar-refractivity contribution < 1.29 is 14.1 Å². The molecule has 1 rings (SSSR count). The molecule has 1 aromatic rings. The van der Waals surface area contributed by atoms with Gasteiger partial charge in [-0.3, -0.25) is 4.21 Å². The fourth-order valence-corrected chi connectivity index (χ4v) is 2.29. The molecule has 3 nitrogen and oxygen atoms in total. The minimum atomic E-state index is -1.04. The number of aromatic carboxylic acids is 1. The fourth-order valence-electron chi connectivity index (χ4n) is 1.12.